The summed E-state index contributed by atoms with van der Waals surface area (Å²) in [6, 6.07) is 25.1. The van der Waals surface area contributed by atoms with E-state index in [0.29, 0.717) is 28.7 Å². The van der Waals surface area contributed by atoms with Crippen LogP contribution in [0.3, 0.4) is 0 Å². The van der Waals surface area contributed by atoms with Crippen molar-refractivity contribution in [2.24, 2.45) is 11.8 Å². The molecule has 1 unspecified atom stereocenters. The molecule has 0 radical (unpaired) electrons. The number of fused-ring (bicyclic) bond motifs is 1. The molecule has 0 spiro atoms. The lowest BCUT2D eigenvalue weighted by atomic mass is 9.85. The summed E-state index contributed by atoms with van der Waals surface area (Å²) < 4.78 is 14.9. The highest BCUT2D eigenvalue weighted by molar-refractivity contribution is 7.98. The van der Waals surface area contributed by atoms with Crippen LogP contribution in [0, 0.1) is 11.8 Å². The Hall–Kier alpha value is -4.72. The van der Waals surface area contributed by atoms with E-state index in [1.165, 1.54) is 37.8 Å². The van der Waals surface area contributed by atoms with Crippen LogP contribution in [0.2, 0.25) is 5.02 Å². The van der Waals surface area contributed by atoms with E-state index in [1.807, 2.05) is 85.1 Å². The molecule has 0 bridgehead atoms. The molecule has 314 valence electrons. The highest BCUT2D eigenvalue weighted by Gasteiger charge is 2.24. The first-order valence-corrected chi connectivity index (χ1v) is 21.7. The minimum atomic E-state index is -0.246. The van der Waals surface area contributed by atoms with Crippen LogP contribution >= 0.6 is 23.5 Å². The smallest absolute Gasteiger partial charge is 0.265 e. The predicted octanol–water partition coefficient (Wildman–Crippen LogP) is 9.42. The summed E-state index contributed by atoms with van der Waals surface area (Å²) >= 11 is 6.78. The van der Waals surface area contributed by atoms with Crippen molar-refractivity contribution in [3.63, 3.8) is 0 Å². The van der Waals surface area contributed by atoms with Gasteiger partial charge in [0.1, 0.15) is 17.1 Å². The SMILES string of the molecule is CC1=C(C)CC(CN2CCN(c3ccc(C(=O)NSc4ccc(NCC5CCOCC5)c(N)c4)c(Oc4cnc5[nH]ccc5c4)c3)CC2)CC1.CO.Clc1ccccc1. The lowest BCUT2D eigenvalue weighted by Crippen LogP contribution is -2.48. The average Bonchev–Trinajstić information content (AvgIpc) is 3.74. The van der Waals surface area contributed by atoms with Crippen LogP contribution in [-0.4, -0.2) is 85.5 Å². The van der Waals surface area contributed by atoms with Crippen LogP contribution < -0.4 is 25.4 Å². The third kappa shape index (κ3) is 12.6. The number of ether oxygens (including phenoxy) is 2. The summed E-state index contributed by atoms with van der Waals surface area (Å²) in [5.74, 6) is 2.16. The summed E-state index contributed by atoms with van der Waals surface area (Å²) in [7, 11) is 1.00. The molecule has 1 aliphatic carbocycles. The largest absolute Gasteiger partial charge is 0.455 e. The Bertz CT molecular complexity index is 2130. The van der Waals surface area contributed by atoms with Gasteiger partial charge in [0, 0.05) is 92.8 Å². The van der Waals surface area contributed by atoms with Gasteiger partial charge in [-0.1, -0.05) is 40.9 Å². The fourth-order valence-electron chi connectivity index (χ4n) is 7.68. The number of carbonyl (C=O) groups excluding carboxylic acids is 1. The van der Waals surface area contributed by atoms with Gasteiger partial charge >= 0.3 is 0 Å². The van der Waals surface area contributed by atoms with Crippen LogP contribution in [0.4, 0.5) is 17.1 Å². The molecule has 2 fully saturated rings. The second kappa shape index (κ2) is 22.0. The van der Waals surface area contributed by atoms with E-state index in [4.69, 9.17) is 31.9 Å². The van der Waals surface area contributed by atoms with Crippen molar-refractivity contribution >= 4 is 57.6 Å². The number of halogens is 1. The molecule has 1 amide bonds. The maximum absolute atomic E-state index is 13.7. The lowest BCUT2D eigenvalue weighted by Gasteiger charge is -2.38. The quantitative estimate of drug-likeness (QED) is 0.0497. The van der Waals surface area contributed by atoms with Gasteiger partial charge in [-0.3, -0.25) is 14.4 Å². The lowest BCUT2D eigenvalue weighted by molar-refractivity contribution is 0.0699. The van der Waals surface area contributed by atoms with Crippen molar-refractivity contribution in [1.82, 2.24) is 19.6 Å². The van der Waals surface area contributed by atoms with Gasteiger partial charge in [0.05, 0.1) is 23.1 Å². The van der Waals surface area contributed by atoms with E-state index < -0.39 is 0 Å². The molecule has 3 aromatic carbocycles. The van der Waals surface area contributed by atoms with Crippen LogP contribution in [0.25, 0.3) is 11.0 Å². The minimum absolute atomic E-state index is 0.246. The zero-order valence-electron chi connectivity index (χ0n) is 34.4. The fraction of sp³-hybridized carbons (Fsp3) is 0.391. The molecule has 2 aromatic heterocycles. The number of benzene rings is 3. The third-order valence-electron chi connectivity index (χ3n) is 11.3. The van der Waals surface area contributed by atoms with Gasteiger partial charge in [-0.05, 0) is 124 Å². The van der Waals surface area contributed by atoms with E-state index in [9.17, 15) is 4.79 Å². The second-order valence-electron chi connectivity index (χ2n) is 15.3. The van der Waals surface area contributed by atoms with Gasteiger partial charge in [-0.25, -0.2) is 4.98 Å². The van der Waals surface area contributed by atoms with E-state index in [-0.39, 0.29) is 5.91 Å². The number of aliphatic hydroxyl groups excluding tert-OH is 1. The number of H-pyrrole nitrogens is 1. The van der Waals surface area contributed by atoms with E-state index in [1.54, 1.807) is 17.3 Å². The van der Waals surface area contributed by atoms with Crippen LogP contribution in [0.1, 0.15) is 56.3 Å². The van der Waals surface area contributed by atoms with Gasteiger partial charge in [-0.2, -0.15) is 0 Å². The number of allylic oxidation sites excluding steroid dienone is 2. The molecule has 1 atom stereocenters. The summed E-state index contributed by atoms with van der Waals surface area (Å²) in [6.07, 6.45) is 9.42. The molecule has 13 heteroatoms. The summed E-state index contributed by atoms with van der Waals surface area (Å²) in [4.78, 5) is 27.2. The number of aromatic nitrogens is 2. The molecule has 0 saturated carbocycles. The van der Waals surface area contributed by atoms with Crippen LogP contribution in [0.15, 0.2) is 107 Å². The fourth-order valence-corrected chi connectivity index (χ4v) is 8.47. The maximum Gasteiger partial charge on any atom is 0.265 e. The third-order valence-corrected chi connectivity index (χ3v) is 12.3. The molecule has 4 heterocycles. The summed E-state index contributed by atoms with van der Waals surface area (Å²) in [6.45, 7) is 12.2. The maximum atomic E-state index is 13.7. The van der Waals surface area contributed by atoms with Crippen LogP contribution in [-0.2, 0) is 4.74 Å². The zero-order valence-corrected chi connectivity index (χ0v) is 36.0. The number of nitrogens with two attached hydrogens (primary N) is 1. The molecule has 59 heavy (non-hydrogen) atoms. The zero-order chi connectivity index (χ0) is 41.6. The number of piperazine rings is 1. The number of hydrogen-bond donors (Lipinski definition) is 5. The Morgan fingerprint density at radius 1 is 0.966 bits per heavy atom. The van der Waals surface area contributed by atoms with Crippen molar-refractivity contribution in [3.8, 4) is 11.5 Å². The number of anilines is 3. The standard InChI is InChI=1S/C39H49N7O3S.C6H5Cl.CH4O/c1-26-3-4-29(19-27(26)2)25-45-13-15-46(16-14-45)31-5-7-34(37(21-31)49-32-20-30-9-12-41-38(30)43-24-32)39(47)44-50-33-6-8-36(35(40)22-33)42-23-28-10-17-48-18-11-28;7-6-4-2-1-3-5-6;1-2/h5-9,12,20-22,24,28-29,42H,3-4,10-11,13-19,23,25,40H2,1-2H3,(H,41,43)(H,44,47);1-5H;2H,1H3. The van der Waals surface area contributed by atoms with Crippen molar-refractivity contribution in [2.45, 2.75) is 50.8 Å². The number of pyridine rings is 1. The highest BCUT2D eigenvalue weighted by atomic mass is 35.5. The molecule has 5 aromatic rings. The first kappa shape index (κ1) is 43.8. The van der Waals surface area contributed by atoms with Crippen molar-refractivity contribution in [2.75, 3.05) is 75.5 Å². The first-order chi connectivity index (χ1) is 28.8. The normalized spacial score (nSPS) is 17.4. The van der Waals surface area contributed by atoms with E-state index in [0.717, 1.165) is 104 Å². The Morgan fingerprint density at radius 3 is 2.46 bits per heavy atom. The molecular formula is C46H58ClN7O4S. The molecular weight excluding hydrogens is 782 g/mol. The predicted molar refractivity (Wildman–Crippen MR) is 243 cm³/mol. The number of amides is 1. The van der Waals surface area contributed by atoms with Crippen LogP contribution in [0.5, 0.6) is 11.5 Å². The molecule has 6 N–H and O–H groups in total. The number of rotatable bonds is 11. The summed E-state index contributed by atoms with van der Waals surface area (Å²) in [5.41, 5.74) is 13.4. The van der Waals surface area contributed by atoms with Gasteiger partial charge < -0.3 is 35.5 Å². The number of aliphatic hydroxyl groups is 1. The molecule has 2 saturated heterocycles. The molecule has 11 nitrogen and oxygen atoms in total. The Labute approximate surface area is 357 Å². The van der Waals surface area contributed by atoms with Crippen molar-refractivity contribution in [3.05, 3.63) is 113 Å². The van der Waals surface area contributed by atoms with E-state index in [2.05, 4.69) is 43.7 Å². The average molecular weight is 841 g/mol. The number of nitrogens with zero attached hydrogens (tertiary/aromatic N) is 3. The number of carbonyl (C=O) groups is 1. The molecule has 8 rings (SSSR count). The minimum Gasteiger partial charge on any atom is -0.455 e. The van der Waals surface area contributed by atoms with Gasteiger partial charge in [0.2, 0.25) is 0 Å². The second-order valence-corrected chi connectivity index (χ2v) is 16.7. The number of aromatic amines is 1. The highest BCUT2D eigenvalue weighted by Crippen LogP contribution is 2.34. The van der Waals surface area contributed by atoms with E-state index >= 15 is 0 Å². The van der Waals surface area contributed by atoms with Gasteiger partial charge in [-0.15, -0.1) is 0 Å². The monoisotopic (exact) mass is 839 g/mol. The molecule has 2 aliphatic heterocycles. The van der Waals surface area contributed by atoms with Gasteiger partial charge in [0.25, 0.3) is 5.91 Å². The van der Waals surface area contributed by atoms with Gasteiger partial charge in [0.15, 0.2) is 0 Å². The van der Waals surface area contributed by atoms with Crippen molar-refractivity contribution in [1.29, 1.82) is 0 Å². The molecule has 3 aliphatic rings. The Balaban J connectivity index is 0.000000583. The Kier molecular flexibility index (Phi) is 16.4. The Morgan fingerprint density at radius 2 is 1.75 bits per heavy atom. The van der Waals surface area contributed by atoms with Crippen molar-refractivity contribution < 1.29 is 19.4 Å². The summed E-state index contributed by atoms with van der Waals surface area (Å²) in [5, 5.41) is 12.2. The number of nitrogens with one attached hydrogen (secondary N) is 3. The number of hydrogen-bond acceptors (Lipinski definition) is 10. The topological polar surface area (TPSA) is 141 Å². The number of nitrogen functional groups attached to an aromatic ring is 1. The first-order valence-electron chi connectivity index (χ1n) is 20.5.